The molecule has 1 aromatic heterocycles. The van der Waals surface area contributed by atoms with Crippen LogP contribution in [0, 0.1) is 23.7 Å². The predicted octanol–water partition coefficient (Wildman–Crippen LogP) is 15.3. The molecule has 14 nitrogen and oxygen atoms in total. The van der Waals surface area contributed by atoms with Gasteiger partial charge in [-0.25, -0.2) is 4.79 Å². The Morgan fingerprint density at radius 3 is 2.06 bits per heavy atom. The summed E-state index contributed by atoms with van der Waals surface area (Å²) >= 11 is 0. The molecule has 3 aliphatic carbocycles. The minimum absolute atomic E-state index is 0.0560. The summed E-state index contributed by atoms with van der Waals surface area (Å²) in [5, 5.41) is 2.99. The minimum Gasteiger partial charge on any atom is -0.497 e. The van der Waals surface area contributed by atoms with Gasteiger partial charge in [-0.3, -0.25) is 19.1 Å². The number of hydrogen-bond donors (Lipinski definition) is 2. The topological polar surface area (TPSA) is 152 Å². The van der Waals surface area contributed by atoms with Crippen LogP contribution in [0.3, 0.4) is 0 Å². The van der Waals surface area contributed by atoms with E-state index in [0.29, 0.717) is 54.9 Å². The minimum atomic E-state index is -6.76. The van der Waals surface area contributed by atoms with Crippen LogP contribution in [-0.2, 0) is 42.2 Å². The van der Waals surface area contributed by atoms with E-state index < -0.39 is 66.3 Å². The summed E-state index contributed by atoms with van der Waals surface area (Å²) in [6.07, 6.45) is -8.48. The van der Waals surface area contributed by atoms with Gasteiger partial charge in [0.25, 0.3) is 5.56 Å². The highest BCUT2D eigenvalue weighted by Crippen LogP contribution is 2.62. The van der Waals surface area contributed by atoms with Crippen molar-refractivity contribution in [2.75, 3.05) is 73.1 Å². The maximum absolute atomic E-state index is 13.3. The van der Waals surface area contributed by atoms with E-state index in [1.807, 2.05) is 113 Å². The second kappa shape index (κ2) is 32.7. The van der Waals surface area contributed by atoms with Crippen LogP contribution in [-0.4, -0.2) is 135 Å². The zero-order valence-corrected chi connectivity index (χ0v) is 57.4. The van der Waals surface area contributed by atoms with Gasteiger partial charge in [-0.15, -0.1) is 0 Å². The van der Waals surface area contributed by atoms with Crippen molar-refractivity contribution in [2.24, 2.45) is 17.3 Å². The largest absolute Gasteiger partial charge is 0.497 e. The van der Waals surface area contributed by atoms with Crippen molar-refractivity contribution in [3.05, 3.63) is 164 Å². The summed E-state index contributed by atoms with van der Waals surface area (Å²) in [6, 6.07) is 31.8. The van der Waals surface area contributed by atoms with Crippen LogP contribution >= 0.6 is 21.6 Å². The lowest BCUT2D eigenvalue weighted by Gasteiger charge is -2.50. The molecule has 0 bridgehead atoms. The van der Waals surface area contributed by atoms with E-state index in [1.165, 1.54) is 21.9 Å². The molecule has 2 saturated carbocycles. The molecule has 533 valence electrons. The zero-order valence-electron chi connectivity index (χ0n) is 55.8. The third-order valence-corrected chi connectivity index (χ3v) is 23.3. The van der Waals surface area contributed by atoms with E-state index in [9.17, 15) is 53.9 Å². The highest BCUT2D eigenvalue weighted by Gasteiger charge is 2.85. The van der Waals surface area contributed by atoms with Gasteiger partial charge >= 0.3 is 29.8 Å². The molecule has 2 heterocycles. The number of rotatable bonds is 34. The number of unbranched alkanes of at least 4 members (excludes halogenated alkanes) is 3. The maximum Gasteiger partial charge on any atom is 0.435 e. The molecular formula is C72H90F9N4O10S2. The fourth-order valence-corrected chi connectivity index (χ4v) is 17.2. The van der Waals surface area contributed by atoms with Crippen LogP contribution in [0.2, 0.25) is 0 Å². The summed E-state index contributed by atoms with van der Waals surface area (Å²) in [5.41, 5.74) is -3.29. The molecule has 5 aromatic rings. The Morgan fingerprint density at radius 1 is 0.753 bits per heavy atom. The van der Waals surface area contributed by atoms with Crippen molar-refractivity contribution in [1.29, 1.82) is 0 Å². The van der Waals surface area contributed by atoms with Crippen molar-refractivity contribution < 1.29 is 77.5 Å². The third-order valence-electron chi connectivity index (χ3n) is 19.9. The van der Waals surface area contributed by atoms with Crippen LogP contribution in [0.15, 0.2) is 113 Å². The number of hydrogen-bond acceptors (Lipinski definition) is 13. The summed E-state index contributed by atoms with van der Waals surface area (Å²) in [4.78, 5) is 43.9. The third kappa shape index (κ3) is 17.9. The van der Waals surface area contributed by atoms with Crippen molar-refractivity contribution in [2.45, 2.75) is 176 Å². The van der Waals surface area contributed by atoms with Crippen molar-refractivity contribution in [3.8, 4) is 17.2 Å². The number of amides is 1. The number of fused-ring (bicyclic) bond motifs is 5. The fraction of sp³-hybridized carbons (Fsp3) is 0.583. The Kier molecular flexibility index (Phi) is 25.5. The Balaban J connectivity index is 0.626. The summed E-state index contributed by atoms with van der Waals surface area (Å²) in [5.74, 6) is 4.02. The van der Waals surface area contributed by atoms with Crippen LogP contribution < -0.4 is 30.8 Å². The normalized spacial score (nSPS) is 21.5. The average Bonchev–Trinajstić information content (AvgIpc) is 1.38. The molecule has 1 amide bonds. The maximum atomic E-state index is 13.3. The van der Waals surface area contributed by atoms with Gasteiger partial charge in [0, 0.05) is 48.4 Å². The first-order valence-corrected chi connectivity index (χ1v) is 35.7. The SMILES string of the molecule is COc1ccc(C(OC[C@H]2[CH]C[C@H](n3cc(CCC(=O)NCCCCCCSSC(C)(C)CCN(C)CCOc4ccc5c(c4)CC[C@H]4[C@@H]5CC[C@]5(C)[C@@H](OCCCOC(C(F)(F)F)(C(F)(F)F)C(F)(F)F)CC[C@@H]45)c(=O)[nH]c3=O)O2)(c2ccccc2)c2ccc(OC)cc2)cc1. The van der Waals surface area contributed by atoms with Crippen LogP contribution in [0.1, 0.15) is 150 Å². The molecule has 25 heteroatoms. The first-order chi connectivity index (χ1) is 46.1. The number of methoxy groups -OCH3 is 2. The number of alkyl halides is 9. The molecule has 4 aromatic carbocycles. The molecule has 9 rings (SSSR count). The highest BCUT2D eigenvalue weighted by molar-refractivity contribution is 8.77. The number of likely N-dealkylation sites (N-methyl/N-ethyl adjacent to an activating group) is 1. The van der Waals surface area contributed by atoms with Gasteiger partial charge in [-0.1, -0.05) is 102 Å². The molecular weight excluding hydrogens is 1320 g/mol. The number of benzene rings is 4. The van der Waals surface area contributed by atoms with Gasteiger partial charge in [0.15, 0.2) is 0 Å². The number of aromatic nitrogens is 2. The monoisotopic (exact) mass is 1410 g/mol. The van der Waals surface area contributed by atoms with Gasteiger partial charge < -0.3 is 43.4 Å². The lowest BCUT2D eigenvalue weighted by atomic mass is 9.55. The number of carbonyl (C=O) groups is 1. The van der Waals surface area contributed by atoms with Crippen LogP contribution in [0.5, 0.6) is 17.2 Å². The van der Waals surface area contributed by atoms with Crippen molar-refractivity contribution in [1.82, 2.24) is 19.8 Å². The number of nitrogens with one attached hydrogen (secondary N) is 2. The Labute approximate surface area is 569 Å². The van der Waals surface area contributed by atoms with Crippen LogP contribution in [0.25, 0.3) is 0 Å². The molecule has 1 saturated heterocycles. The molecule has 1 radical (unpaired) electrons. The Morgan fingerprint density at radius 2 is 1.40 bits per heavy atom. The number of aryl methyl sites for hydroxylation is 2. The zero-order chi connectivity index (χ0) is 69.8. The van der Waals surface area contributed by atoms with Gasteiger partial charge in [-0.2, -0.15) is 39.5 Å². The van der Waals surface area contributed by atoms with Gasteiger partial charge in [0.2, 0.25) is 5.91 Å². The van der Waals surface area contributed by atoms with Gasteiger partial charge in [0.1, 0.15) is 35.7 Å². The lowest BCUT2D eigenvalue weighted by molar-refractivity contribution is -0.457. The molecule has 4 aliphatic rings. The van der Waals surface area contributed by atoms with Crippen LogP contribution in [0.4, 0.5) is 39.5 Å². The first kappa shape index (κ1) is 75.5. The van der Waals surface area contributed by atoms with E-state index in [2.05, 4.69) is 59.9 Å². The summed E-state index contributed by atoms with van der Waals surface area (Å²) in [7, 11) is 9.13. The quantitative estimate of drug-likeness (QED) is 0.0174. The average molecular weight is 1410 g/mol. The van der Waals surface area contributed by atoms with E-state index in [4.69, 9.17) is 28.4 Å². The Hall–Kier alpha value is -5.70. The molecule has 0 unspecified atom stereocenters. The van der Waals surface area contributed by atoms with E-state index >= 15 is 0 Å². The number of halogens is 9. The molecule has 97 heavy (non-hydrogen) atoms. The lowest BCUT2D eigenvalue weighted by Crippen LogP contribution is -2.67. The van der Waals surface area contributed by atoms with Crippen molar-refractivity contribution in [3.63, 3.8) is 0 Å². The number of H-pyrrole nitrogens is 1. The Bertz CT molecular complexity index is 3380. The van der Waals surface area contributed by atoms with E-state index in [1.54, 1.807) is 14.2 Å². The smallest absolute Gasteiger partial charge is 0.435 e. The molecule has 3 fully saturated rings. The second-order valence-corrected chi connectivity index (χ2v) is 29.8. The summed E-state index contributed by atoms with van der Waals surface area (Å²) in [6.45, 7) is 7.72. The second-order valence-electron chi connectivity index (χ2n) is 26.7. The van der Waals surface area contributed by atoms with E-state index in [-0.39, 0.29) is 54.1 Å². The predicted molar refractivity (Wildman–Crippen MR) is 356 cm³/mol. The number of ether oxygens (including phenoxy) is 7. The first-order valence-electron chi connectivity index (χ1n) is 33.4. The van der Waals surface area contributed by atoms with Gasteiger partial charge in [-0.05, 0) is 198 Å². The number of carbonyl (C=O) groups excluding carboxylic acids is 1. The highest BCUT2D eigenvalue weighted by atomic mass is 33.1. The fourth-order valence-electron chi connectivity index (χ4n) is 14.5. The molecule has 2 N–H and O–H groups in total. The molecule has 1 aliphatic heterocycles. The molecule has 0 spiro atoms. The van der Waals surface area contributed by atoms with Gasteiger partial charge in [0.05, 0.1) is 39.6 Å². The molecule has 7 atom stereocenters. The number of nitrogens with zero attached hydrogens (tertiary/aromatic N) is 2. The number of aromatic amines is 1. The summed E-state index contributed by atoms with van der Waals surface area (Å²) < 4.78 is 162. The van der Waals surface area contributed by atoms with Crippen molar-refractivity contribution >= 4 is 27.5 Å². The van der Waals surface area contributed by atoms with E-state index in [0.717, 1.165) is 105 Å². The standard InChI is InChI=1S/C72H90F9N4O10S2/c1-66(2,37-39-84(4)40-43-91-55-27-30-57-48(45-55)17-29-59-58(57)35-36-67(3)60(59)31-32-61(67)92-41-14-42-93-69(70(73,74)75,71(76,77)78)72(79,80)81)97-96-44-13-8-7-12-38-82-62(86)33-18-49-46-85(65(88)83-64(49)87)63-34-28-56(95-63)47-94-68(50-15-10-9-11-16-50,51-19-23-53(89-5)24-20-51)52-21-25-54(90-6)26-22-52/h9-11,15-16,19-28,30,45-46,56,58-61,63H,7-8,12-14,17-18,29,31-44,47H2,1-6H3,(H,82,86)(H,83,87,88)/t56-,58-,59+,60+,61+,63-,67+/m1/s1.